The number of pyridine rings is 1. The van der Waals surface area contributed by atoms with Crippen LogP contribution in [-0.2, 0) is 20.1 Å². The molecule has 0 saturated carbocycles. The summed E-state index contributed by atoms with van der Waals surface area (Å²) < 4.78 is 3.63. The van der Waals surface area contributed by atoms with Crippen LogP contribution in [0.3, 0.4) is 0 Å². The standard InChI is InChI=1S/C17H19ClN6O/c1-22-15(5-7-20-22)16(25)14-10-12-11-23(8-3-9-24(12)21-14)17-13(18)4-2-6-19-17/h2,4-7,10,16,25H,3,8-9,11H2,1H3/t16-/m1/s1. The number of aliphatic hydroxyl groups excluding tert-OH is 1. The third-order valence-corrected chi connectivity index (χ3v) is 4.79. The van der Waals surface area contributed by atoms with Crippen molar-refractivity contribution in [3.8, 4) is 0 Å². The maximum absolute atomic E-state index is 10.6. The van der Waals surface area contributed by atoms with E-state index >= 15 is 0 Å². The number of aliphatic hydroxyl groups is 1. The monoisotopic (exact) mass is 358 g/mol. The van der Waals surface area contributed by atoms with Crippen LogP contribution in [0.25, 0.3) is 0 Å². The molecule has 1 atom stereocenters. The number of rotatable bonds is 3. The lowest BCUT2D eigenvalue weighted by Gasteiger charge is -2.21. The fourth-order valence-electron chi connectivity index (χ4n) is 3.21. The SMILES string of the molecule is Cn1nccc1[C@H](O)c1cc2n(n1)CCCN(c1ncccc1Cl)C2. The topological polar surface area (TPSA) is 72.0 Å². The molecule has 1 aliphatic heterocycles. The summed E-state index contributed by atoms with van der Waals surface area (Å²) in [6.07, 6.45) is 3.56. The molecule has 130 valence electrons. The number of hydrogen-bond donors (Lipinski definition) is 1. The van der Waals surface area contributed by atoms with Gasteiger partial charge in [0.1, 0.15) is 11.9 Å². The fourth-order valence-corrected chi connectivity index (χ4v) is 3.45. The average molecular weight is 359 g/mol. The number of halogens is 1. The number of fused-ring (bicyclic) bond motifs is 1. The maximum Gasteiger partial charge on any atom is 0.147 e. The first-order valence-electron chi connectivity index (χ1n) is 8.21. The van der Waals surface area contributed by atoms with Gasteiger partial charge in [-0.2, -0.15) is 10.2 Å². The van der Waals surface area contributed by atoms with Crippen LogP contribution in [0.15, 0.2) is 36.7 Å². The van der Waals surface area contributed by atoms with E-state index in [2.05, 4.69) is 20.1 Å². The van der Waals surface area contributed by atoms with Crippen LogP contribution in [0, 0.1) is 0 Å². The lowest BCUT2D eigenvalue weighted by molar-refractivity contribution is 0.203. The number of aromatic nitrogens is 5. The van der Waals surface area contributed by atoms with Crippen LogP contribution >= 0.6 is 11.6 Å². The number of nitrogens with zero attached hydrogens (tertiary/aromatic N) is 6. The van der Waals surface area contributed by atoms with Crippen LogP contribution in [0.2, 0.25) is 5.02 Å². The molecule has 1 aliphatic rings. The minimum absolute atomic E-state index is 0.632. The molecule has 25 heavy (non-hydrogen) atoms. The Kier molecular flexibility index (Phi) is 4.19. The summed E-state index contributed by atoms with van der Waals surface area (Å²) in [5.41, 5.74) is 2.39. The third-order valence-electron chi connectivity index (χ3n) is 4.49. The molecule has 0 spiro atoms. The second kappa shape index (κ2) is 6.50. The van der Waals surface area contributed by atoms with Gasteiger partial charge >= 0.3 is 0 Å². The van der Waals surface area contributed by atoms with Crippen LogP contribution < -0.4 is 4.90 Å². The molecule has 3 aromatic rings. The molecular formula is C17H19ClN6O. The Morgan fingerprint density at radius 2 is 2.12 bits per heavy atom. The summed E-state index contributed by atoms with van der Waals surface area (Å²) in [5.74, 6) is 0.785. The summed E-state index contributed by atoms with van der Waals surface area (Å²) in [6.45, 7) is 2.32. The summed E-state index contributed by atoms with van der Waals surface area (Å²) in [7, 11) is 1.81. The molecule has 8 heteroatoms. The van der Waals surface area contributed by atoms with Crippen LogP contribution in [0.1, 0.15) is 29.6 Å². The van der Waals surface area contributed by atoms with Gasteiger partial charge < -0.3 is 10.0 Å². The number of hydrogen-bond acceptors (Lipinski definition) is 5. The summed E-state index contributed by atoms with van der Waals surface area (Å²) in [5, 5.41) is 20.0. The van der Waals surface area contributed by atoms with Crippen molar-refractivity contribution in [1.29, 1.82) is 0 Å². The predicted octanol–water partition coefficient (Wildman–Crippen LogP) is 2.16. The van der Waals surface area contributed by atoms with E-state index in [-0.39, 0.29) is 0 Å². The lowest BCUT2D eigenvalue weighted by atomic mass is 10.2. The predicted molar refractivity (Wildman–Crippen MR) is 94.4 cm³/mol. The van der Waals surface area contributed by atoms with E-state index in [0.717, 1.165) is 36.7 Å². The van der Waals surface area contributed by atoms with E-state index < -0.39 is 6.10 Å². The molecular weight excluding hydrogens is 340 g/mol. The molecule has 0 radical (unpaired) electrons. The van der Waals surface area contributed by atoms with E-state index in [1.807, 2.05) is 29.9 Å². The Morgan fingerprint density at radius 1 is 1.24 bits per heavy atom. The summed E-state index contributed by atoms with van der Waals surface area (Å²) >= 11 is 6.30. The Balaban J connectivity index is 1.63. The zero-order valence-corrected chi connectivity index (χ0v) is 14.6. The highest BCUT2D eigenvalue weighted by atomic mass is 35.5. The minimum atomic E-state index is -0.793. The quantitative estimate of drug-likeness (QED) is 0.776. The summed E-state index contributed by atoms with van der Waals surface area (Å²) in [4.78, 5) is 6.57. The Hall–Kier alpha value is -2.38. The largest absolute Gasteiger partial charge is 0.380 e. The van der Waals surface area contributed by atoms with Gasteiger partial charge in [-0.15, -0.1) is 0 Å². The molecule has 0 bridgehead atoms. The van der Waals surface area contributed by atoms with Crippen molar-refractivity contribution < 1.29 is 5.11 Å². The molecule has 0 unspecified atom stereocenters. The lowest BCUT2D eigenvalue weighted by Crippen LogP contribution is -2.23. The molecule has 0 aliphatic carbocycles. The second-order valence-electron chi connectivity index (χ2n) is 6.15. The van der Waals surface area contributed by atoms with E-state index in [0.29, 0.717) is 17.3 Å². The van der Waals surface area contributed by atoms with Gasteiger partial charge in [-0.25, -0.2) is 4.98 Å². The van der Waals surface area contributed by atoms with Crippen molar-refractivity contribution in [3.63, 3.8) is 0 Å². The highest BCUT2D eigenvalue weighted by Crippen LogP contribution is 2.28. The van der Waals surface area contributed by atoms with Crippen molar-refractivity contribution in [2.45, 2.75) is 25.6 Å². The Morgan fingerprint density at radius 3 is 2.88 bits per heavy atom. The van der Waals surface area contributed by atoms with Gasteiger partial charge in [-0.3, -0.25) is 9.36 Å². The van der Waals surface area contributed by atoms with Crippen LogP contribution in [0.5, 0.6) is 0 Å². The van der Waals surface area contributed by atoms with Gasteiger partial charge in [-0.1, -0.05) is 11.6 Å². The first kappa shape index (κ1) is 16.1. The van der Waals surface area contributed by atoms with Gasteiger partial charge in [-0.05, 0) is 30.7 Å². The highest BCUT2D eigenvalue weighted by Gasteiger charge is 2.23. The molecule has 0 saturated heterocycles. The Bertz CT molecular complexity index is 889. The summed E-state index contributed by atoms with van der Waals surface area (Å²) in [6, 6.07) is 7.43. The van der Waals surface area contributed by atoms with E-state index in [1.54, 1.807) is 23.1 Å². The molecule has 4 rings (SSSR count). The smallest absolute Gasteiger partial charge is 0.147 e. The van der Waals surface area contributed by atoms with E-state index in [9.17, 15) is 5.11 Å². The maximum atomic E-state index is 10.6. The molecule has 7 nitrogen and oxygen atoms in total. The van der Waals surface area contributed by atoms with Crippen molar-refractivity contribution in [1.82, 2.24) is 24.5 Å². The Labute approximate surface area is 150 Å². The van der Waals surface area contributed by atoms with Gasteiger partial charge in [0.25, 0.3) is 0 Å². The number of anilines is 1. The molecule has 0 aromatic carbocycles. The second-order valence-corrected chi connectivity index (χ2v) is 6.56. The van der Waals surface area contributed by atoms with Gasteiger partial charge in [0.2, 0.25) is 0 Å². The van der Waals surface area contributed by atoms with Crippen molar-refractivity contribution in [3.05, 3.63) is 58.8 Å². The molecule has 3 aromatic heterocycles. The molecule has 0 fully saturated rings. The van der Waals surface area contributed by atoms with Crippen molar-refractivity contribution >= 4 is 17.4 Å². The normalized spacial score (nSPS) is 15.7. The van der Waals surface area contributed by atoms with E-state index in [4.69, 9.17) is 11.6 Å². The zero-order chi connectivity index (χ0) is 17.4. The highest BCUT2D eigenvalue weighted by molar-refractivity contribution is 6.32. The van der Waals surface area contributed by atoms with Crippen LogP contribution in [0.4, 0.5) is 5.82 Å². The first-order valence-corrected chi connectivity index (χ1v) is 8.59. The average Bonchev–Trinajstić information content (AvgIpc) is 3.16. The zero-order valence-electron chi connectivity index (χ0n) is 13.9. The van der Waals surface area contributed by atoms with Gasteiger partial charge in [0.05, 0.1) is 28.6 Å². The molecule has 0 amide bonds. The van der Waals surface area contributed by atoms with Crippen molar-refractivity contribution in [2.24, 2.45) is 7.05 Å². The number of aryl methyl sites for hydroxylation is 2. The molecule has 4 heterocycles. The van der Waals surface area contributed by atoms with Crippen LogP contribution in [-0.4, -0.2) is 36.2 Å². The van der Waals surface area contributed by atoms with Gasteiger partial charge in [0.15, 0.2) is 0 Å². The minimum Gasteiger partial charge on any atom is -0.380 e. The fraction of sp³-hybridized carbons (Fsp3) is 0.353. The molecule has 1 N–H and O–H groups in total. The van der Waals surface area contributed by atoms with Gasteiger partial charge in [0, 0.05) is 32.5 Å². The first-order chi connectivity index (χ1) is 12.1. The van der Waals surface area contributed by atoms with E-state index in [1.165, 1.54) is 0 Å². The van der Waals surface area contributed by atoms with Crippen molar-refractivity contribution in [2.75, 3.05) is 11.4 Å². The third kappa shape index (κ3) is 3.01.